The summed E-state index contributed by atoms with van der Waals surface area (Å²) in [6.45, 7) is 4.20. The molecule has 0 heterocycles. The second kappa shape index (κ2) is 3.62. The van der Waals surface area contributed by atoms with E-state index >= 15 is 0 Å². The van der Waals surface area contributed by atoms with Gasteiger partial charge in [-0.1, -0.05) is 13.1 Å². The Morgan fingerprint density at radius 1 is 1.75 bits per heavy atom. The van der Waals surface area contributed by atoms with Gasteiger partial charge in [0, 0.05) is 0 Å². The fourth-order valence-electron chi connectivity index (χ4n) is 0.291. The first-order chi connectivity index (χ1) is 3.63. The van der Waals surface area contributed by atoms with Crippen LogP contribution in [0.4, 0.5) is 0 Å². The van der Waals surface area contributed by atoms with Crippen LogP contribution in [-0.2, 0) is 4.79 Å². The number of nitrogens with one attached hydrogen (secondary N) is 1. The van der Waals surface area contributed by atoms with Crippen molar-refractivity contribution in [2.75, 3.05) is 6.54 Å². The summed E-state index contributed by atoms with van der Waals surface area (Å²) in [7, 11) is -0.857. The number of aliphatic carboxylic acids is 1. The van der Waals surface area contributed by atoms with Crippen LogP contribution in [0, 0.1) is 0 Å². The molecule has 0 fully saturated rings. The first kappa shape index (κ1) is 7.65. The Kier molecular flexibility index (Phi) is 3.46. The molecule has 0 amide bonds. The first-order valence-electron chi connectivity index (χ1n) is 2.58. The quantitative estimate of drug-likeness (QED) is 0.517. The van der Waals surface area contributed by atoms with Gasteiger partial charge < -0.3 is 10.1 Å². The molecule has 0 aliphatic carbocycles. The second-order valence-corrected chi connectivity index (χ2v) is 4.65. The molecule has 0 atom stereocenters. The van der Waals surface area contributed by atoms with Crippen molar-refractivity contribution >= 4 is 14.9 Å². The van der Waals surface area contributed by atoms with Gasteiger partial charge in [-0.05, 0) is 0 Å². The number of hydrogen-bond acceptors (Lipinski definition) is 2. The van der Waals surface area contributed by atoms with Crippen molar-refractivity contribution in [1.82, 2.24) is 4.98 Å². The van der Waals surface area contributed by atoms with Gasteiger partial charge >= 0.3 is 5.97 Å². The zero-order valence-electron chi connectivity index (χ0n) is 5.14. The van der Waals surface area contributed by atoms with Gasteiger partial charge in [0.05, 0.1) is 6.54 Å². The highest BCUT2D eigenvalue weighted by Crippen LogP contribution is 1.69. The fourth-order valence-corrected chi connectivity index (χ4v) is 0.874. The third-order valence-electron chi connectivity index (χ3n) is 0.662. The van der Waals surface area contributed by atoms with Gasteiger partial charge in [0.25, 0.3) is 0 Å². The van der Waals surface area contributed by atoms with E-state index in [-0.39, 0.29) is 6.54 Å². The topological polar surface area (TPSA) is 49.3 Å². The molecule has 2 N–H and O–H groups in total. The van der Waals surface area contributed by atoms with Crippen LogP contribution in [0.15, 0.2) is 0 Å². The lowest BCUT2D eigenvalue weighted by molar-refractivity contribution is -0.135. The van der Waals surface area contributed by atoms with E-state index in [1.807, 2.05) is 13.1 Å². The number of carboxylic acids is 1. The Labute approximate surface area is 50.4 Å². The predicted octanol–water partition coefficient (Wildman–Crippen LogP) is -0.356. The molecule has 0 rings (SSSR count). The van der Waals surface area contributed by atoms with Crippen molar-refractivity contribution in [3.8, 4) is 0 Å². The lowest BCUT2D eigenvalue weighted by Crippen LogP contribution is -2.32. The van der Waals surface area contributed by atoms with Crippen LogP contribution in [0.3, 0.4) is 0 Å². The maximum absolute atomic E-state index is 9.86. The predicted molar refractivity (Wildman–Crippen MR) is 34.5 cm³/mol. The molecule has 3 nitrogen and oxygen atoms in total. The summed E-state index contributed by atoms with van der Waals surface area (Å²) in [6, 6.07) is 0. The summed E-state index contributed by atoms with van der Waals surface area (Å²) in [5, 5.41) is 8.12. The maximum atomic E-state index is 9.86. The molecular weight excluding hydrogens is 122 g/mol. The minimum Gasteiger partial charge on any atom is -0.480 e. The number of rotatable bonds is 3. The zero-order chi connectivity index (χ0) is 6.57. The lowest BCUT2D eigenvalue weighted by Gasteiger charge is -2.00. The third kappa shape index (κ3) is 5.65. The Balaban J connectivity index is 3.05. The molecule has 0 aromatic carbocycles. The average Bonchev–Trinajstić information content (AvgIpc) is 1.61. The SMILES string of the molecule is C[SiH](C)NCC(=O)O. The number of carbonyl (C=O) groups is 1. The molecule has 0 bridgehead atoms. The fraction of sp³-hybridized carbons (Fsp3) is 0.750. The molecule has 0 aliphatic rings. The summed E-state index contributed by atoms with van der Waals surface area (Å²) in [6.07, 6.45) is 0. The van der Waals surface area contributed by atoms with Crippen molar-refractivity contribution in [3.63, 3.8) is 0 Å². The third-order valence-corrected chi connectivity index (χ3v) is 1.68. The second-order valence-electron chi connectivity index (χ2n) is 1.93. The summed E-state index contributed by atoms with van der Waals surface area (Å²) >= 11 is 0. The Morgan fingerprint density at radius 3 is 2.38 bits per heavy atom. The standard InChI is InChI=1S/C4H11NO2Si/c1-8(2)5-3-4(6)7/h5,8H,3H2,1-2H3,(H,6,7). The van der Waals surface area contributed by atoms with Crippen LogP contribution in [0.25, 0.3) is 0 Å². The molecule has 0 aromatic rings. The minimum absolute atomic E-state index is 0.115. The molecular formula is C4H11NO2Si. The van der Waals surface area contributed by atoms with Crippen LogP contribution < -0.4 is 4.98 Å². The number of hydrogen-bond donors (Lipinski definition) is 2. The number of carboxylic acid groups (broad SMARTS) is 1. The molecule has 0 spiro atoms. The molecule has 0 radical (unpaired) electrons. The van der Waals surface area contributed by atoms with Crippen molar-refractivity contribution in [3.05, 3.63) is 0 Å². The van der Waals surface area contributed by atoms with Crippen molar-refractivity contribution < 1.29 is 9.90 Å². The summed E-state index contributed by atoms with van der Waals surface area (Å²) in [5.41, 5.74) is 0. The van der Waals surface area contributed by atoms with E-state index in [0.29, 0.717) is 0 Å². The summed E-state index contributed by atoms with van der Waals surface area (Å²) in [4.78, 5) is 12.7. The van der Waals surface area contributed by atoms with Crippen LogP contribution in [-0.4, -0.2) is 26.6 Å². The van der Waals surface area contributed by atoms with Crippen molar-refractivity contribution in [1.29, 1.82) is 0 Å². The van der Waals surface area contributed by atoms with Crippen molar-refractivity contribution in [2.45, 2.75) is 13.1 Å². The monoisotopic (exact) mass is 133 g/mol. The highest BCUT2D eigenvalue weighted by atomic mass is 28.3. The largest absolute Gasteiger partial charge is 0.480 e. The maximum Gasteiger partial charge on any atom is 0.316 e. The Bertz CT molecular complexity index is 84.1. The van der Waals surface area contributed by atoms with Gasteiger partial charge in [-0.3, -0.25) is 4.79 Å². The van der Waals surface area contributed by atoms with Crippen LogP contribution >= 0.6 is 0 Å². The van der Waals surface area contributed by atoms with Gasteiger partial charge in [-0.15, -0.1) is 0 Å². The van der Waals surface area contributed by atoms with Gasteiger partial charge in [-0.2, -0.15) is 0 Å². The van der Waals surface area contributed by atoms with Crippen LogP contribution in [0.2, 0.25) is 13.1 Å². The lowest BCUT2D eigenvalue weighted by atomic mass is 10.7. The molecule has 0 saturated carbocycles. The highest BCUT2D eigenvalue weighted by molar-refractivity contribution is 6.53. The van der Waals surface area contributed by atoms with Crippen LogP contribution in [0.5, 0.6) is 0 Å². The normalized spacial score (nSPS) is 9.88. The van der Waals surface area contributed by atoms with Gasteiger partial charge in [-0.25, -0.2) is 0 Å². The average molecular weight is 133 g/mol. The summed E-state index contributed by atoms with van der Waals surface area (Å²) < 4.78 is 0. The van der Waals surface area contributed by atoms with Gasteiger partial charge in [0.15, 0.2) is 0 Å². The molecule has 0 saturated heterocycles. The van der Waals surface area contributed by atoms with Gasteiger partial charge in [0.1, 0.15) is 8.96 Å². The Morgan fingerprint density at radius 2 is 2.25 bits per heavy atom. The van der Waals surface area contributed by atoms with E-state index < -0.39 is 14.9 Å². The Hall–Kier alpha value is -0.353. The highest BCUT2D eigenvalue weighted by Gasteiger charge is 1.96. The van der Waals surface area contributed by atoms with Crippen LogP contribution in [0.1, 0.15) is 0 Å². The van der Waals surface area contributed by atoms with E-state index in [9.17, 15) is 4.79 Å². The molecule has 0 unspecified atom stereocenters. The molecule has 8 heavy (non-hydrogen) atoms. The smallest absolute Gasteiger partial charge is 0.316 e. The molecule has 48 valence electrons. The van der Waals surface area contributed by atoms with E-state index in [1.165, 1.54) is 0 Å². The molecule has 0 aliphatic heterocycles. The zero-order valence-corrected chi connectivity index (χ0v) is 6.29. The van der Waals surface area contributed by atoms with Gasteiger partial charge in [0.2, 0.25) is 0 Å². The van der Waals surface area contributed by atoms with E-state index in [2.05, 4.69) is 4.98 Å². The van der Waals surface area contributed by atoms with E-state index in [0.717, 1.165) is 0 Å². The van der Waals surface area contributed by atoms with E-state index in [4.69, 9.17) is 5.11 Å². The van der Waals surface area contributed by atoms with Crippen molar-refractivity contribution in [2.24, 2.45) is 0 Å². The molecule has 0 aromatic heterocycles. The van der Waals surface area contributed by atoms with E-state index in [1.54, 1.807) is 0 Å². The minimum atomic E-state index is -0.857. The first-order valence-corrected chi connectivity index (χ1v) is 5.46. The summed E-state index contributed by atoms with van der Waals surface area (Å²) in [5.74, 6) is -0.772. The molecule has 4 heteroatoms.